The lowest BCUT2D eigenvalue weighted by Gasteiger charge is -2.33. The van der Waals surface area contributed by atoms with Gasteiger partial charge < -0.3 is 15.5 Å². The number of Topliss-reactive ketones (excluding diaryl/α,β-unsaturated/α-hetero) is 1. The molecule has 0 aromatic heterocycles. The van der Waals surface area contributed by atoms with E-state index in [2.05, 4.69) is 10.6 Å². The van der Waals surface area contributed by atoms with E-state index in [-0.39, 0.29) is 24.0 Å². The van der Waals surface area contributed by atoms with Crippen molar-refractivity contribution < 1.29 is 14.4 Å². The number of carbonyl (C=O) groups is 3. The number of rotatable bonds is 8. The molecule has 1 unspecified atom stereocenters. The van der Waals surface area contributed by atoms with Gasteiger partial charge in [0.2, 0.25) is 11.8 Å². The van der Waals surface area contributed by atoms with Gasteiger partial charge in [0.1, 0.15) is 11.8 Å². The summed E-state index contributed by atoms with van der Waals surface area (Å²) in [5.41, 5.74) is -1.15. The van der Waals surface area contributed by atoms with Crippen molar-refractivity contribution >= 4 is 17.6 Å². The number of carbonyl (C=O) groups excluding carboxylic acids is 3. The van der Waals surface area contributed by atoms with Gasteiger partial charge in [0, 0.05) is 30.8 Å². The van der Waals surface area contributed by atoms with E-state index < -0.39 is 16.9 Å². The standard InChI is InChI=1S/C18H35N3O3/c1-17(2,3)14(22)12-13(15(23)20-11-9-10-19-7)21(8)16(24)18(4,5)6/h13,19H,9-12H2,1-8H3,(H,20,23). The predicted octanol–water partition coefficient (Wildman–Crippen LogP) is 1.59. The summed E-state index contributed by atoms with van der Waals surface area (Å²) in [5.74, 6) is -0.463. The number of amides is 2. The van der Waals surface area contributed by atoms with Crippen molar-refractivity contribution in [1.82, 2.24) is 15.5 Å². The lowest BCUT2D eigenvalue weighted by atomic mass is 9.86. The SMILES string of the molecule is CNCCCNC(=O)C(CC(=O)C(C)(C)C)N(C)C(=O)C(C)(C)C. The molecule has 0 aliphatic rings. The fourth-order valence-electron chi connectivity index (χ4n) is 2.15. The third-order valence-corrected chi connectivity index (χ3v) is 3.85. The van der Waals surface area contributed by atoms with Crippen LogP contribution in [0.5, 0.6) is 0 Å². The van der Waals surface area contributed by atoms with E-state index in [0.717, 1.165) is 13.0 Å². The Morgan fingerprint density at radius 1 is 0.958 bits per heavy atom. The molecule has 140 valence electrons. The Labute approximate surface area is 146 Å². The predicted molar refractivity (Wildman–Crippen MR) is 96.6 cm³/mol. The van der Waals surface area contributed by atoms with Gasteiger partial charge in [0.05, 0.1) is 0 Å². The van der Waals surface area contributed by atoms with Crippen molar-refractivity contribution in [2.24, 2.45) is 10.8 Å². The van der Waals surface area contributed by atoms with E-state index in [1.165, 1.54) is 4.90 Å². The molecule has 0 aromatic rings. The number of nitrogens with one attached hydrogen (secondary N) is 2. The largest absolute Gasteiger partial charge is 0.354 e. The number of nitrogens with zero attached hydrogens (tertiary/aromatic N) is 1. The van der Waals surface area contributed by atoms with Crippen LogP contribution in [0.15, 0.2) is 0 Å². The van der Waals surface area contributed by atoms with Crippen LogP contribution in [-0.4, -0.2) is 55.7 Å². The first-order chi connectivity index (χ1) is 10.8. The van der Waals surface area contributed by atoms with Crippen LogP contribution >= 0.6 is 0 Å². The summed E-state index contributed by atoms with van der Waals surface area (Å²) in [6, 6.07) is -0.780. The quantitative estimate of drug-likeness (QED) is 0.657. The molecule has 0 aliphatic heterocycles. The summed E-state index contributed by atoms with van der Waals surface area (Å²) in [6.07, 6.45) is 0.818. The Balaban J connectivity index is 5.18. The number of likely N-dealkylation sites (N-methyl/N-ethyl adjacent to an activating group) is 1. The molecule has 6 heteroatoms. The molecule has 0 radical (unpaired) electrons. The van der Waals surface area contributed by atoms with Crippen LogP contribution in [0.1, 0.15) is 54.4 Å². The maximum atomic E-state index is 12.6. The Bertz CT molecular complexity index is 447. The summed E-state index contributed by atoms with van der Waals surface area (Å²) in [5, 5.41) is 5.85. The van der Waals surface area contributed by atoms with E-state index in [1.54, 1.807) is 27.8 Å². The van der Waals surface area contributed by atoms with Crippen LogP contribution in [-0.2, 0) is 14.4 Å². The first kappa shape index (κ1) is 22.6. The summed E-state index contributed by atoms with van der Waals surface area (Å²) >= 11 is 0. The van der Waals surface area contributed by atoms with E-state index >= 15 is 0 Å². The average molecular weight is 341 g/mol. The first-order valence-electron chi connectivity index (χ1n) is 8.55. The third-order valence-electron chi connectivity index (χ3n) is 3.85. The number of hydrogen-bond donors (Lipinski definition) is 2. The van der Waals surface area contributed by atoms with Crippen molar-refractivity contribution in [2.75, 3.05) is 27.2 Å². The zero-order valence-corrected chi connectivity index (χ0v) is 16.6. The Morgan fingerprint density at radius 2 is 1.50 bits per heavy atom. The minimum absolute atomic E-state index is 0.0275. The van der Waals surface area contributed by atoms with Gasteiger partial charge in [-0.3, -0.25) is 14.4 Å². The molecule has 0 spiro atoms. The van der Waals surface area contributed by atoms with Crippen LogP contribution in [0, 0.1) is 10.8 Å². The lowest BCUT2D eigenvalue weighted by Crippen LogP contribution is -2.52. The average Bonchev–Trinajstić information content (AvgIpc) is 2.45. The van der Waals surface area contributed by atoms with Gasteiger partial charge in [0.25, 0.3) is 0 Å². The summed E-state index contributed by atoms with van der Waals surface area (Å²) in [7, 11) is 3.45. The van der Waals surface area contributed by atoms with Crippen molar-refractivity contribution in [2.45, 2.75) is 60.4 Å². The van der Waals surface area contributed by atoms with Crippen molar-refractivity contribution in [1.29, 1.82) is 0 Å². The molecular formula is C18H35N3O3. The molecule has 24 heavy (non-hydrogen) atoms. The maximum Gasteiger partial charge on any atom is 0.243 e. The van der Waals surface area contributed by atoms with Gasteiger partial charge in [-0.15, -0.1) is 0 Å². The zero-order valence-electron chi connectivity index (χ0n) is 16.6. The Kier molecular flexibility index (Phi) is 8.61. The number of ketones is 1. The molecule has 2 N–H and O–H groups in total. The zero-order chi connectivity index (χ0) is 19.1. The highest BCUT2D eigenvalue weighted by molar-refractivity contribution is 5.94. The number of hydrogen-bond acceptors (Lipinski definition) is 4. The molecule has 0 fully saturated rings. The Hall–Kier alpha value is -1.43. The van der Waals surface area contributed by atoms with Crippen molar-refractivity contribution in [3.8, 4) is 0 Å². The molecule has 6 nitrogen and oxygen atoms in total. The molecule has 0 aromatic carbocycles. The normalized spacial score (nSPS) is 13.3. The van der Waals surface area contributed by atoms with Crippen LogP contribution in [0.4, 0.5) is 0 Å². The minimum Gasteiger partial charge on any atom is -0.354 e. The highest BCUT2D eigenvalue weighted by Gasteiger charge is 2.36. The lowest BCUT2D eigenvalue weighted by molar-refractivity contribution is -0.146. The van der Waals surface area contributed by atoms with Gasteiger partial charge in [-0.1, -0.05) is 41.5 Å². The van der Waals surface area contributed by atoms with Crippen LogP contribution < -0.4 is 10.6 Å². The van der Waals surface area contributed by atoms with E-state index in [9.17, 15) is 14.4 Å². The highest BCUT2D eigenvalue weighted by Crippen LogP contribution is 2.23. The molecule has 0 aliphatic carbocycles. The minimum atomic E-state index is -0.780. The Morgan fingerprint density at radius 3 is 1.92 bits per heavy atom. The smallest absolute Gasteiger partial charge is 0.243 e. The second kappa shape index (κ2) is 9.16. The molecule has 1 atom stereocenters. The molecule has 0 saturated carbocycles. The molecule has 0 saturated heterocycles. The fourth-order valence-corrected chi connectivity index (χ4v) is 2.15. The van der Waals surface area contributed by atoms with Crippen LogP contribution in [0.2, 0.25) is 0 Å². The van der Waals surface area contributed by atoms with Gasteiger partial charge in [-0.05, 0) is 20.0 Å². The summed E-state index contributed by atoms with van der Waals surface area (Å²) in [4.78, 5) is 38.9. The topological polar surface area (TPSA) is 78.5 Å². The van der Waals surface area contributed by atoms with Gasteiger partial charge in [-0.25, -0.2) is 0 Å². The first-order valence-corrected chi connectivity index (χ1v) is 8.55. The second-order valence-corrected chi connectivity index (χ2v) is 8.31. The van der Waals surface area contributed by atoms with Crippen LogP contribution in [0.25, 0.3) is 0 Å². The molecule has 0 bridgehead atoms. The summed E-state index contributed by atoms with van der Waals surface area (Å²) in [6.45, 7) is 12.2. The van der Waals surface area contributed by atoms with E-state index in [1.807, 2.05) is 27.8 Å². The second-order valence-electron chi connectivity index (χ2n) is 8.31. The summed E-state index contributed by atoms with van der Waals surface area (Å²) < 4.78 is 0. The van der Waals surface area contributed by atoms with Gasteiger partial charge in [0.15, 0.2) is 0 Å². The highest BCUT2D eigenvalue weighted by atomic mass is 16.2. The molecular weight excluding hydrogens is 306 g/mol. The van der Waals surface area contributed by atoms with Gasteiger partial charge >= 0.3 is 0 Å². The maximum absolute atomic E-state index is 12.6. The third kappa shape index (κ3) is 7.43. The van der Waals surface area contributed by atoms with Gasteiger partial charge in [-0.2, -0.15) is 0 Å². The monoisotopic (exact) mass is 341 g/mol. The van der Waals surface area contributed by atoms with E-state index in [4.69, 9.17) is 0 Å². The van der Waals surface area contributed by atoms with Crippen molar-refractivity contribution in [3.05, 3.63) is 0 Å². The fraction of sp³-hybridized carbons (Fsp3) is 0.833. The molecule has 0 rings (SSSR count). The molecule has 2 amide bonds. The van der Waals surface area contributed by atoms with Crippen LogP contribution in [0.3, 0.4) is 0 Å². The van der Waals surface area contributed by atoms with Crippen molar-refractivity contribution in [3.63, 3.8) is 0 Å². The molecule has 0 heterocycles. The van der Waals surface area contributed by atoms with E-state index in [0.29, 0.717) is 6.54 Å².